The molecule has 0 heterocycles. The lowest BCUT2D eigenvalue weighted by Gasteiger charge is -2.36. The number of aliphatic hydroxyl groups excluding tert-OH is 1. The van der Waals surface area contributed by atoms with Crippen LogP contribution in [0.2, 0.25) is 0 Å². The van der Waals surface area contributed by atoms with E-state index in [2.05, 4.69) is 10.6 Å². The molecule has 0 spiro atoms. The Morgan fingerprint density at radius 2 is 1.95 bits per heavy atom. The van der Waals surface area contributed by atoms with Crippen molar-refractivity contribution in [3.8, 4) is 0 Å². The van der Waals surface area contributed by atoms with Gasteiger partial charge in [-0.15, -0.1) is 0 Å². The Balaban J connectivity index is 2.12. The van der Waals surface area contributed by atoms with E-state index >= 15 is 0 Å². The van der Waals surface area contributed by atoms with Gasteiger partial charge in [0, 0.05) is 5.56 Å². The third-order valence-electron chi connectivity index (χ3n) is 4.40. The Bertz CT molecular complexity index is 468. The number of amides is 1. The van der Waals surface area contributed by atoms with Crippen molar-refractivity contribution in [2.75, 3.05) is 20.2 Å². The minimum Gasteiger partial charge on any atom is -0.394 e. The molecule has 116 valence electrons. The van der Waals surface area contributed by atoms with Gasteiger partial charge in [-0.3, -0.25) is 4.79 Å². The van der Waals surface area contributed by atoms with E-state index in [1.165, 1.54) is 6.42 Å². The van der Waals surface area contributed by atoms with E-state index in [0.29, 0.717) is 0 Å². The lowest BCUT2D eigenvalue weighted by atomic mass is 9.82. The number of nitrogens with one attached hydrogen (secondary N) is 2. The zero-order valence-electron chi connectivity index (χ0n) is 12.8. The van der Waals surface area contributed by atoms with E-state index in [-0.39, 0.29) is 12.5 Å². The van der Waals surface area contributed by atoms with Gasteiger partial charge in [0.2, 0.25) is 0 Å². The molecule has 1 aliphatic rings. The first-order valence-corrected chi connectivity index (χ1v) is 7.87. The summed E-state index contributed by atoms with van der Waals surface area (Å²) in [5.41, 5.74) is 1.35. The van der Waals surface area contributed by atoms with Gasteiger partial charge in [-0.2, -0.15) is 0 Å². The molecule has 1 aliphatic carbocycles. The van der Waals surface area contributed by atoms with Gasteiger partial charge in [-0.1, -0.05) is 37.5 Å². The summed E-state index contributed by atoms with van der Waals surface area (Å²) in [4.78, 5) is 12.6. The van der Waals surface area contributed by atoms with E-state index in [0.717, 1.165) is 49.8 Å². The molecule has 21 heavy (non-hydrogen) atoms. The number of aliphatic hydroxyl groups is 1. The SMILES string of the molecule is CNCCc1ccccc1C(=O)NC1(CO)CCCCC1. The molecule has 0 atom stereocenters. The van der Waals surface area contributed by atoms with Crippen LogP contribution in [-0.2, 0) is 6.42 Å². The molecule has 0 radical (unpaired) electrons. The fourth-order valence-corrected chi connectivity index (χ4v) is 3.08. The van der Waals surface area contributed by atoms with Crippen LogP contribution >= 0.6 is 0 Å². The average Bonchev–Trinajstić information content (AvgIpc) is 2.54. The number of hydrogen-bond acceptors (Lipinski definition) is 3. The zero-order chi connectivity index (χ0) is 15.1. The Labute approximate surface area is 126 Å². The van der Waals surface area contributed by atoms with Gasteiger partial charge in [-0.05, 0) is 44.5 Å². The number of benzene rings is 1. The molecule has 4 nitrogen and oxygen atoms in total. The summed E-state index contributed by atoms with van der Waals surface area (Å²) in [5.74, 6) is -0.0577. The molecule has 0 aliphatic heterocycles. The number of carbonyl (C=O) groups is 1. The minimum absolute atomic E-state index is 0.0252. The average molecular weight is 290 g/mol. The number of rotatable bonds is 6. The molecule has 0 unspecified atom stereocenters. The summed E-state index contributed by atoms with van der Waals surface area (Å²) in [7, 11) is 1.91. The van der Waals surface area contributed by atoms with Crippen LogP contribution in [0, 0.1) is 0 Å². The highest BCUT2D eigenvalue weighted by molar-refractivity contribution is 5.96. The molecule has 4 heteroatoms. The third-order valence-corrected chi connectivity index (χ3v) is 4.40. The predicted molar refractivity (Wildman–Crippen MR) is 84.4 cm³/mol. The van der Waals surface area contributed by atoms with Crippen LogP contribution in [0.5, 0.6) is 0 Å². The first-order valence-electron chi connectivity index (χ1n) is 7.87. The Morgan fingerprint density at radius 3 is 2.62 bits per heavy atom. The first kappa shape index (κ1) is 16.0. The zero-order valence-corrected chi connectivity index (χ0v) is 12.8. The highest BCUT2D eigenvalue weighted by Crippen LogP contribution is 2.28. The largest absolute Gasteiger partial charge is 0.394 e. The number of hydrogen-bond donors (Lipinski definition) is 3. The van der Waals surface area contributed by atoms with Gasteiger partial charge < -0.3 is 15.7 Å². The Kier molecular flexibility index (Phi) is 5.76. The van der Waals surface area contributed by atoms with Gasteiger partial charge in [0.05, 0.1) is 12.1 Å². The summed E-state index contributed by atoms with van der Waals surface area (Å²) in [6.45, 7) is 0.868. The van der Waals surface area contributed by atoms with Crippen LogP contribution in [0.15, 0.2) is 24.3 Å². The predicted octanol–water partition coefficient (Wildman–Crippen LogP) is 1.87. The van der Waals surface area contributed by atoms with Crippen molar-refractivity contribution in [2.24, 2.45) is 0 Å². The van der Waals surface area contributed by atoms with Crippen LogP contribution < -0.4 is 10.6 Å². The summed E-state index contributed by atoms with van der Waals surface area (Å²) in [6, 6.07) is 7.72. The van der Waals surface area contributed by atoms with Crippen molar-refractivity contribution in [3.05, 3.63) is 35.4 Å². The van der Waals surface area contributed by atoms with Crippen LogP contribution in [-0.4, -0.2) is 36.8 Å². The lowest BCUT2D eigenvalue weighted by Crippen LogP contribution is -2.52. The van der Waals surface area contributed by atoms with E-state index in [1.807, 2.05) is 31.3 Å². The van der Waals surface area contributed by atoms with Gasteiger partial charge in [-0.25, -0.2) is 0 Å². The summed E-state index contributed by atoms with van der Waals surface area (Å²) in [5, 5.41) is 15.9. The molecule has 1 amide bonds. The van der Waals surface area contributed by atoms with Crippen molar-refractivity contribution in [3.63, 3.8) is 0 Å². The first-order chi connectivity index (χ1) is 10.2. The topological polar surface area (TPSA) is 61.4 Å². The van der Waals surface area contributed by atoms with Crippen LogP contribution in [0.3, 0.4) is 0 Å². The number of likely N-dealkylation sites (N-methyl/N-ethyl adjacent to an activating group) is 1. The third kappa shape index (κ3) is 4.05. The molecule has 1 saturated carbocycles. The monoisotopic (exact) mass is 290 g/mol. The van der Waals surface area contributed by atoms with E-state index in [4.69, 9.17) is 0 Å². The van der Waals surface area contributed by atoms with Crippen LogP contribution in [0.4, 0.5) is 0 Å². The van der Waals surface area contributed by atoms with E-state index in [1.54, 1.807) is 0 Å². The van der Waals surface area contributed by atoms with E-state index in [9.17, 15) is 9.90 Å². The molecule has 3 N–H and O–H groups in total. The second-order valence-electron chi connectivity index (χ2n) is 5.96. The van der Waals surface area contributed by atoms with Crippen LogP contribution in [0.25, 0.3) is 0 Å². The van der Waals surface area contributed by atoms with Crippen molar-refractivity contribution in [1.82, 2.24) is 10.6 Å². The molecule has 2 rings (SSSR count). The van der Waals surface area contributed by atoms with Crippen molar-refractivity contribution >= 4 is 5.91 Å². The van der Waals surface area contributed by atoms with Crippen LogP contribution in [0.1, 0.15) is 48.0 Å². The lowest BCUT2D eigenvalue weighted by molar-refractivity contribution is 0.0757. The fraction of sp³-hybridized carbons (Fsp3) is 0.588. The fourth-order valence-electron chi connectivity index (χ4n) is 3.08. The quantitative estimate of drug-likeness (QED) is 0.749. The molecule has 1 aromatic rings. The maximum atomic E-state index is 12.6. The second-order valence-corrected chi connectivity index (χ2v) is 5.96. The summed E-state index contributed by atoms with van der Waals surface area (Å²) in [6.07, 6.45) is 5.90. The maximum Gasteiger partial charge on any atom is 0.252 e. The van der Waals surface area contributed by atoms with Gasteiger partial charge >= 0.3 is 0 Å². The van der Waals surface area contributed by atoms with Crippen molar-refractivity contribution < 1.29 is 9.90 Å². The van der Waals surface area contributed by atoms with Gasteiger partial charge in [0.1, 0.15) is 0 Å². The molecular weight excluding hydrogens is 264 g/mol. The summed E-state index contributed by atoms with van der Waals surface area (Å²) >= 11 is 0. The molecular formula is C17H26N2O2. The Morgan fingerprint density at radius 1 is 1.24 bits per heavy atom. The molecule has 0 bridgehead atoms. The molecule has 1 aromatic carbocycles. The highest BCUT2D eigenvalue weighted by Gasteiger charge is 2.33. The Hall–Kier alpha value is -1.39. The standard InChI is InChI=1S/C17H26N2O2/c1-18-12-9-14-7-3-4-8-15(14)16(21)19-17(13-20)10-5-2-6-11-17/h3-4,7-8,18,20H,2,5-6,9-13H2,1H3,(H,19,21). The smallest absolute Gasteiger partial charge is 0.252 e. The maximum absolute atomic E-state index is 12.6. The second kappa shape index (κ2) is 7.57. The molecule has 0 aromatic heterocycles. The highest BCUT2D eigenvalue weighted by atomic mass is 16.3. The minimum atomic E-state index is -0.425. The number of carbonyl (C=O) groups excluding carboxylic acids is 1. The molecule has 0 saturated heterocycles. The van der Waals surface area contributed by atoms with Gasteiger partial charge in [0.15, 0.2) is 0 Å². The molecule has 1 fully saturated rings. The normalized spacial score (nSPS) is 17.4. The van der Waals surface area contributed by atoms with Crippen molar-refractivity contribution in [1.29, 1.82) is 0 Å². The van der Waals surface area contributed by atoms with Crippen molar-refractivity contribution in [2.45, 2.75) is 44.1 Å². The van der Waals surface area contributed by atoms with Gasteiger partial charge in [0.25, 0.3) is 5.91 Å². The van der Waals surface area contributed by atoms with E-state index < -0.39 is 5.54 Å². The summed E-state index contributed by atoms with van der Waals surface area (Å²) < 4.78 is 0.